The maximum absolute atomic E-state index is 13.8. The Kier molecular flexibility index (Phi) is 3.47. The van der Waals surface area contributed by atoms with E-state index in [9.17, 15) is 8.78 Å². The standard InChI is InChI=1S/C13H12F2N4S/c14-9-2-1-3-10(15)12(9)11(18-16)6-8-7-19-4-5-20-13(19)17-8/h1-5,7,11,18H,6,16H2. The summed E-state index contributed by atoms with van der Waals surface area (Å²) in [6.45, 7) is 0. The Labute approximate surface area is 117 Å². The van der Waals surface area contributed by atoms with Crippen molar-refractivity contribution in [2.75, 3.05) is 0 Å². The number of benzene rings is 1. The van der Waals surface area contributed by atoms with E-state index in [4.69, 9.17) is 5.84 Å². The largest absolute Gasteiger partial charge is 0.297 e. The lowest BCUT2D eigenvalue weighted by atomic mass is 10.0. The van der Waals surface area contributed by atoms with Crippen molar-refractivity contribution >= 4 is 16.3 Å². The highest BCUT2D eigenvalue weighted by molar-refractivity contribution is 7.15. The lowest BCUT2D eigenvalue weighted by Crippen LogP contribution is -2.31. The maximum Gasteiger partial charge on any atom is 0.193 e. The normalized spacial score (nSPS) is 12.9. The second-order valence-electron chi connectivity index (χ2n) is 4.38. The predicted molar refractivity (Wildman–Crippen MR) is 73.2 cm³/mol. The van der Waals surface area contributed by atoms with Gasteiger partial charge >= 0.3 is 0 Å². The number of hydrazine groups is 1. The summed E-state index contributed by atoms with van der Waals surface area (Å²) in [5.41, 5.74) is 3.12. The van der Waals surface area contributed by atoms with Crippen molar-refractivity contribution in [2.45, 2.75) is 12.5 Å². The van der Waals surface area contributed by atoms with Crippen LogP contribution in [0.5, 0.6) is 0 Å². The monoisotopic (exact) mass is 294 g/mol. The van der Waals surface area contributed by atoms with Gasteiger partial charge in [-0.25, -0.2) is 13.8 Å². The summed E-state index contributed by atoms with van der Waals surface area (Å²) in [4.78, 5) is 5.22. The fraction of sp³-hybridized carbons (Fsp3) is 0.154. The van der Waals surface area contributed by atoms with Gasteiger partial charge in [0.25, 0.3) is 0 Å². The topological polar surface area (TPSA) is 55.3 Å². The van der Waals surface area contributed by atoms with Gasteiger partial charge in [0.05, 0.1) is 11.7 Å². The molecule has 2 aromatic heterocycles. The van der Waals surface area contributed by atoms with Gasteiger partial charge in [-0.3, -0.25) is 15.7 Å². The number of nitrogens with zero attached hydrogens (tertiary/aromatic N) is 2. The third kappa shape index (κ3) is 2.31. The Bertz CT molecular complexity index is 688. The van der Waals surface area contributed by atoms with Crippen LogP contribution in [0, 0.1) is 11.6 Å². The molecule has 0 fully saturated rings. The van der Waals surface area contributed by atoms with E-state index >= 15 is 0 Å². The summed E-state index contributed by atoms with van der Waals surface area (Å²) >= 11 is 1.50. The average Bonchev–Trinajstić information content (AvgIpc) is 2.98. The predicted octanol–water partition coefficient (Wildman–Crippen LogP) is 2.42. The first-order valence-corrected chi connectivity index (χ1v) is 6.88. The highest BCUT2D eigenvalue weighted by Gasteiger charge is 2.20. The van der Waals surface area contributed by atoms with Crippen molar-refractivity contribution < 1.29 is 8.78 Å². The summed E-state index contributed by atoms with van der Waals surface area (Å²) < 4.78 is 29.4. The molecule has 1 aromatic carbocycles. The van der Waals surface area contributed by atoms with E-state index in [0.717, 1.165) is 10.7 Å². The van der Waals surface area contributed by atoms with Gasteiger partial charge in [0.1, 0.15) is 11.6 Å². The molecule has 2 heterocycles. The highest BCUT2D eigenvalue weighted by atomic mass is 32.1. The number of rotatable bonds is 4. The molecule has 0 aliphatic rings. The van der Waals surface area contributed by atoms with Gasteiger partial charge in [-0.1, -0.05) is 6.07 Å². The van der Waals surface area contributed by atoms with Crippen molar-refractivity contribution in [3.8, 4) is 0 Å². The Hall–Kier alpha value is -1.83. The molecule has 0 saturated heterocycles. The quantitative estimate of drug-likeness (QED) is 0.574. The third-order valence-corrected chi connectivity index (χ3v) is 3.88. The van der Waals surface area contributed by atoms with E-state index in [1.54, 1.807) is 0 Å². The Balaban J connectivity index is 1.92. The van der Waals surface area contributed by atoms with Crippen LogP contribution in [0.2, 0.25) is 0 Å². The van der Waals surface area contributed by atoms with Crippen molar-refractivity contribution in [2.24, 2.45) is 5.84 Å². The molecule has 3 rings (SSSR count). The van der Waals surface area contributed by atoms with Gasteiger partial charge < -0.3 is 0 Å². The van der Waals surface area contributed by atoms with Crippen LogP contribution in [0.3, 0.4) is 0 Å². The fourth-order valence-corrected chi connectivity index (χ4v) is 2.89. The Morgan fingerprint density at radius 2 is 2.10 bits per heavy atom. The molecule has 0 aliphatic heterocycles. The molecule has 0 bridgehead atoms. The Morgan fingerprint density at radius 3 is 2.75 bits per heavy atom. The van der Waals surface area contributed by atoms with Gasteiger partial charge in [-0.15, -0.1) is 11.3 Å². The third-order valence-electron chi connectivity index (χ3n) is 3.11. The number of nitrogens with one attached hydrogen (secondary N) is 1. The lowest BCUT2D eigenvalue weighted by Gasteiger charge is -2.16. The summed E-state index contributed by atoms with van der Waals surface area (Å²) in [6.07, 6.45) is 4.02. The minimum absolute atomic E-state index is 0.0636. The number of thiazole rings is 1. The van der Waals surface area contributed by atoms with Crippen LogP contribution in [0.15, 0.2) is 36.0 Å². The molecule has 4 nitrogen and oxygen atoms in total. The number of hydrogen-bond acceptors (Lipinski definition) is 4. The molecule has 0 saturated carbocycles. The first-order chi connectivity index (χ1) is 9.69. The molecule has 0 amide bonds. The maximum atomic E-state index is 13.8. The zero-order valence-corrected chi connectivity index (χ0v) is 11.2. The smallest absolute Gasteiger partial charge is 0.193 e. The minimum atomic E-state index is -0.666. The first-order valence-electron chi connectivity index (χ1n) is 6.00. The minimum Gasteiger partial charge on any atom is -0.297 e. The second-order valence-corrected chi connectivity index (χ2v) is 5.26. The number of imidazole rings is 1. The molecule has 0 spiro atoms. The van der Waals surface area contributed by atoms with Crippen molar-refractivity contribution in [3.05, 3.63) is 58.9 Å². The SMILES string of the molecule is NNC(Cc1cn2ccsc2n1)c1c(F)cccc1F. The average molecular weight is 294 g/mol. The van der Waals surface area contributed by atoms with Crippen LogP contribution in [-0.2, 0) is 6.42 Å². The van der Waals surface area contributed by atoms with Crippen molar-refractivity contribution in [3.63, 3.8) is 0 Å². The molecule has 1 unspecified atom stereocenters. The molecule has 0 radical (unpaired) electrons. The summed E-state index contributed by atoms with van der Waals surface area (Å²) in [7, 11) is 0. The number of halogens is 2. The van der Waals surface area contributed by atoms with E-state index < -0.39 is 17.7 Å². The van der Waals surface area contributed by atoms with Gasteiger partial charge in [0, 0.05) is 29.8 Å². The van der Waals surface area contributed by atoms with Crippen molar-refractivity contribution in [1.29, 1.82) is 0 Å². The van der Waals surface area contributed by atoms with Crippen LogP contribution in [0.1, 0.15) is 17.3 Å². The Morgan fingerprint density at radius 1 is 1.35 bits per heavy atom. The van der Waals surface area contributed by atoms with E-state index in [0.29, 0.717) is 6.42 Å². The van der Waals surface area contributed by atoms with Crippen LogP contribution in [0.4, 0.5) is 8.78 Å². The zero-order valence-electron chi connectivity index (χ0n) is 10.4. The van der Waals surface area contributed by atoms with Crippen molar-refractivity contribution in [1.82, 2.24) is 14.8 Å². The molecular formula is C13H12F2N4S. The van der Waals surface area contributed by atoms with Gasteiger partial charge in [-0.2, -0.15) is 0 Å². The zero-order chi connectivity index (χ0) is 14.1. The van der Waals surface area contributed by atoms with E-state index in [-0.39, 0.29) is 5.56 Å². The van der Waals surface area contributed by atoms with Gasteiger partial charge in [0.2, 0.25) is 0 Å². The lowest BCUT2D eigenvalue weighted by molar-refractivity contribution is 0.471. The van der Waals surface area contributed by atoms with E-state index in [1.807, 2.05) is 22.2 Å². The summed E-state index contributed by atoms with van der Waals surface area (Å²) in [5, 5.41) is 1.92. The molecular weight excluding hydrogens is 282 g/mol. The van der Waals surface area contributed by atoms with E-state index in [2.05, 4.69) is 10.4 Å². The number of aromatic nitrogens is 2. The molecule has 3 aromatic rings. The van der Waals surface area contributed by atoms with Gasteiger partial charge in [-0.05, 0) is 12.1 Å². The van der Waals surface area contributed by atoms with Crippen LogP contribution >= 0.6 is 11.3 Å². The molecule has 0 aliphatic carbocycles. The molecule has 1 atom stereocenters. The van der Waals surface area contributed by atoms with E-state index in [1.165, 1.54) is 29.5 Å². The van der Waals surface area contributed by atoms with Crippen LogP contribution < -0.4 is 11.3 Å². The number of fused-ring (bicyclic) bond motifs is 1. The molecule has 3 N–H and O–H groups in total. The second kappa shape index (κ2) is 5.28. The highest BCUT2D eigenvalue weighted by Crippen LogP contribution is 2.24. The first kappa shape index (κ1) is 13.2. The fourth-order valence-electron chi connectivity index (χ4n) is 2.17. The summed E-state index contributed by atoms with van der Waals surface area (Å²) in [6, 6.07) is 3.10. The number of hydrogen-bond donors (Lipinski definition) is 2. The molecule has 104 valence electrons. The molecule has 20 heavy (non-hydrogen) atoms. The van der Waals surface area contributed by atoms with Gasteiger partial charge in [0.15, 0.2) is 4.96 Å². The van der Waals surface area contributed by atoms with Crippen LogP contribution in [-0.4, -0.2) is 9.38 Å². The number of nitrogens with two attached hydrogens (primary N) is 1. The molecule has 7 heteroatoms. The van der Waals surface area contributed by atoms with Crippen LogP contribution in [0.25, 0.3) is 4.96 Å². The summed E-state index contributed by atoms with van der Waals surface area (Å²) in [5.74, 6) is 4.21.